The number of thioether (sulfide) groups is 1. The lowest BCUT2D eigenvalue weighted by atomic mass is 9.71. The molecule has 0 saturated carbocycles. The van der Waals surface area contributed by atoms with E-state index in [1.54, 1.807) is 0 Å². The summed E-state index contributed by atoms with van der Waals surface area (Å²) in [5.74, 6) is 2.12. The van der Waals surface area contributed by atoms with E-state index in [0.29, 0.717) is 0 Å². The molecular weight excluding hydrogens is 310 g/mol. The summed E-state index contributed by atoms with van der Waals surface area (Å²) in [7, 11) is 0. The first-order valence-corrected chi connectivity index (χ1v) is 8.17. The number of aliphatic hydroxyl groups is 1. The summed E-state index contributed by atoms with van der Waals surface area (Å²) in [6.07, 6.45) is 1.12. The number of aliphatic hydroxyl groups excluding tert-OH is 1. The number of halogens is 1. The van der Waals surface area contributed by atoms with E-state index in [0.717, 1.165) is 22.3 Å². The average Bonchev–Trinajstić information content (AvgIpc) is 2.34. The van der Waals surface area contributed by atoms with Crippen molar-refractivity contribution >= 4 is 33.4 Å². The van der Waals surface area contributed by atoms with Crippen LogP contribution in [0.25, 0.3) is 0 Å². The number of benzene rings is 1. The van der Waals surface area contributed by atoms with Gasteiger partial charge in [0.25, 0.3) is 0 Å². The molecule has 1 saturated heterocycles. The maximum atomic E-state index is 9.94. The van der Waals surface area contributed by atoms with Gasteiger partial charge in [0, 0.05) is 15.9 Å². The van der Waals surface area contributed by atoms with E-state index in [9.17, 15) is 5.11 Å². The molecule has 0 radical (unpaired) electrons. The lowest BCUT2D eigenvalue weighted by molar-refractivity contribution is 0.110. The van der Waals surface area contributed by atoms with E-state index in [4.69, 9.17) is 0 Å². The maximum Gasteiger partial charge on any atom is 0.0745 e. The topological polar surface area (TPSA) is 32.3 Å². The molecule has 0 bridgehead atoms. The molecule has 18 heavy (non-hydrogen) atoms. The molecule has 0 amide bonds. The third-order valence-electron chi connectivity index (χ3n) is 4.03. The van der Waals surface area contributed by atoms with Crippen LogP contribution in [0.5, 0.6) is 0 Å². The summed E-state index contributed by atoms with van der Waals surface area (Å²) in [6, 6.07) is 8.09. The summed E-state index contributed by atoms with van der Waals surface area (Å²) in [4.78, 5) is 0. The van der Waals surface area contributed by atoms with Crippen molar-refractivity contribution in [2.24, 2.45) is 5.41 Å². The molecule has 1 fully saturated rings. The van der Waals surface area contributed by atoms with E-state index in [2.05, 4.69) is 41.2 Å². The molecule has 2 rings (SSSR count). The van der Waals surface area contributed by atoms with Gasteiger partial charge in [-0.3, -0.25) is 0 Å². The Morgan fingerprint density at radius 3 is 2.72 bits per heavy atom. The van der Waals surface area contributed by atoms with E-state index in [1.807, 2.05) is 30.0 Å². The zero-order chi connectivity index (χ0) is 13.2. The van der Waals surface area contributed by atoms with Gasteiger partial charge in [0.2, 0.25) is 0 Å². The lowest BCUT2D eigenvalue weighted by Gasteiger charge is -2.50. The van der Waals surface area contributed by atoms with Gasteiger partial charge in [-0.1, -0.05) is 26.0 Å². The van der Waals surface area contributed by atoms with Crippen molar-refractivity contribution in [1.82, 2.24) is 0 Å². The quantitative estimate of drug-likeness (QED) is 0.885. The van der Waals surface area contributed by atoms with Crippen LogP contribution < -0.4 is 5.32 Å². The lowest BCUT2D eigenvalue weighted by Crippen LogP contribution is -2.58. The van der Waals surface area contributed by atoms with Crippen molar-refractivity contribution in [3.63, 3.8) is 0 Å². The van der Waals surface area contributed by atoms with Gasteiger partial charge in [0.1, 0.15) is 0 Å². The third-order valence-corrected chi connectivity index (χ3v) is 5.91. The van der Waals surface area contributed by atoms with Crippen molar-refractivity contribution in [2.45, 2.75) is 25.8 Å². The molecule has 1 aliphatic rings. The zero-order valence-electron chi connectivity index (χ0n) is 10.9. The summed E-state index contributed by atoms with van der Waals surface area (Å²) in [6.45, 7) is 4.65. The monoisotopic (exact) mass is 329 g/mol. The fraction of sp³-hybridized carbons (Fsp3) is 0.571. The Hall–Kier alpha value is -0.190. The van der Waals surface area contributed by atoms with E-state index < -0.39 is 0 Å². The van der Waals surface area contributed by atoms with Crippen LogP contribution in [0.2, 0.25) is 0 Å². The fourth-order valence-corrected chi connectivity index (χ4v) is 4.42. The Labute approximate surface area is 122 Å². The van der Waals surface area contributed by atoms with Crippen LogP contribution in [0.3, 0.4) is 0 Å². The van der Waals surface area contributed by atoms with Crippen LogP contribution in [-0.2, 0) is 0 Å². The minimum atomic E-state index is -0.250. The van der Waals surface area contributed by atoms with Crippen molar-refractivity contribution in [1.29, 1.82) is 0 Å². The van der Waals surface area contributed by atoms with Crippen molar-refractivity contribution < 1.29 is 5.11 Å². The second-order valence-corrected chi connectivity index (χ2v) is 7.49. The van der Waals surface area contributed by atoms with Crippen molar-refractivity contribution in [2.75, 3.05) is 23.4 Å². The number of anilines is 1. The first kappa shape index (κ1) is 14.2. The van der Waals surface area contributed by atoms with Gasteiger partial charge in [0.15, 0.2) is 0 Å². The highest BCUT2D eigenvalue weighted by molar-refractivity contribution is 9.10. The Kier molecular flexibility index (Phi) is 4.29. The standard InChI is InChI=1S/C14H20BrNOS/c1-13(2)7-8-18-10-14(13,9-17)16-12-6-4-3-5-11(12)15/h3-6,16-17H,7-10H2,1-2H3. The van der Waals surface area contributed by atoms with Crippen molar-refractivity contribution in [3.8, 4) is 0 Å². The average molecular weight is 330 g/mol. The first-order valence-electron chi connectivity index (χ1n) is 6.22. The second-order valence-electron chi connectivity index (χ2n) is 5.53. The van der Waals surface area contributed by atoms with Crippen LogP contribution in [0, 0.1) is 5.41 Å². The van der Waals surface area contributed by atoms with E-state index in [1.165, 1.54) is 5.75 Å². The number of hydrogen-bond donors (Lipinski definition) is 2. The molecule has 1 aromatic rings. The number of nitrogens with one attached hydrogen (secondary N) is 1. The Morgan fingerprint density at radius 1 is 1.39 bits per heavy atom. The normalized spacial score (nSPS) is 26.9. The summed E-state index contributed by atoms with van der Waals surface area (Å²) in [5, 5.41) is 13.5. The summed E-state index contributed by atoms with van der Waals surface area (Å²) < 4.78 is 1.05. The largest absolute Gasteiger partial charge is 0.394 e. The molecule has 0 spiro atoms. The molecule has 1 atom stereocenters. The molecule has 4 heteroatoms. The highest BCUT2D eigenvalue weighted by atomic mass is 79.9. The summed E-state index contributed by atoms with van der Waals surface area (Å²) >= 11 is 5.48. The predicted molar refractivity (Wildman–Crippen MR) is 83.3 cm³/mol. The van der Waals surface area contributed by atoms with Gasteiger partial charge in [-0.15, -0.1) is 0 Å². The molecule has 2 N–H and O–H groups in total. The number of rotatable bonds is 3. The maximum absolute atomic E-state index is 9.94. The highest BCUT2D eigenvalue weighted by Gasteiger charge is 2.46. The third kappa shape index (κ3) is 2.56. The fourth-order valence-electron chi connectivity index (χ4n) is 2.33. The van der Waals surface area contributed by atoms with Gasteiger partial charge in [-0.2, -0.15) is 11.8 Å². The van der Waals surface area contributed by atoms with E-state index in [-0.39, 0.29) is 17.6 Å². The first-order chi connectivity index (χ1) is 8.51. The molecule has 1 heterocycles. The molecule has 1 aliphatic heterocycles. The minimum Gasteiger partial charge on any atom is -0.394 e. The number of hydrogen-bond acceptors (Lipinski definition) is 3. The Morgan fingerprint density at radius 2 is 2.11 bits per heavy atom. The zero-order valence-corrected chi connectivity index (χ0v) is 13.3. The van der Waals surface area contributed by atoms with Gasteiger partial charge in [-0.05, 0) is 45.7 Å². The van der Waals surface area contributed by atoms with Crippen LogP contribution >= 0.6 is 27.7 Å². The Balaban J connectivity index is 2.30. The van der Waals surface area contributed by atoms with Gasteiger partial charge in [-0.25, -0.2) is 0 Å². The molecule has 2 nitrogen and oxygen atoms in total. The molecule has 100 valence electrons. The second kappa shape index (κ2) is 5.43. The Bertz CT molecular complexity index is 424. The van der Waals surface area contributed by atoms with E-state index >= 15 is 0 Å². The molecule has 1 unspecified atom stereocenters. The van der Waals surface area contributed by atoms with Crippen LogP contribution in [-0.4, -0.2) is 28.8 Å². The van der Waals surface area contributed by atoms with Gasteiger partial charge < -0.3 is 10.4 Å². The van der Waals surface area contributed by atoms with Crippen LogP contribution in [0.1, 0.15) is 20.3 Å². The SMILES string of the molecule is CC1(C)CCSCC1(CO)Nc1ccccc1Br. The predicted octanol–water partition coefficient (Wildman–Crippen LogP) is 3.76. The summed E-state index contributed by atoms with van der Waals surface area (Å²) in [5.41, 5.74) is 0.893. The minimum absolute atomic E-state index is 0.0856. The molecular formula is C14H20BrNOS. The van der Waals surface area contributed by atoms with Crippen molar-refractivity contribution in [3.05, 3.63) is 28.7 Å². The van der Waals surface area contributed by atoms with Crippen LogP contribution in [0.15, 0.2) is 28.7 Å². The molecule has 0 aromatic heterocycles. The highest BCUT2D eigenvalue weighted by Crippen LogP contribution is 2.44. The smallest absolute Gasteiger partial charge is 0.0745 e. The van der Waals surface area contributed by atoms with Gasteiger partial charge in [0.05, 0.1) is 12.1 Å². The molecule has 1 aromatic carbocycles. The molecule has 0 aliphatic carbocycles. The number of para-hydroxylation sites is 1. The van der Waals surface area contributed by atoms with Crippen LogP contribution in [0.4, 0.5) is 5.69 Å². The van der Waals surface area contributed by atoms with Gasteiger partial charge >= 0.3 is 0 Å².